The third-order valence-electron chi connectivity index (χ3n) is 1.50. The molecule has 0 saturated carbocycles. The minimum absolute atomic E-state index is 0.0909. The van der Waals surface area contributed by atoms with Gasteiger partial charge in [-0.3, -0.25) is 0 Å². The Balaban J connectivity index is 2.36. The second kappa shape index (κ2) is 3.52. The smallest absolute Gasteiger partial charge is 0.160 e. The Hall–Kier alpha value is -0.120. The molecule has 0 fully saturated rings. The normalized spacial score (nSPS) is 25.5. The van der Waals surface area contributed by atoms with Gasteiger partial charge in [-0.05, 0) is 31.0 Å². The SMILES string of the molecule is FC(F)(F)SC1C=CCCC1. The van der Waals surface area contributed by atoms with E-state index in [4.69, 9.17) is 0 Å². The van der Waals surface area contributed by atoms with Crippen LogP contribution in [0.2, 0.25) is 0 Å². The van der Waals surface area contributed by atoms with E-state index in [1.165, 1.54) is 0 Å². The lowest BCUT2D eigenvalue weighted by molar-refractivity contribution is -0.0332. The summed E-state index contributed by atoms with van der Waals surface area (Å²) in [7, 11) is 0. The van der Waals surface area contributed by atoms with Gasteiger partial charge in [0.25, 0.3) is 0 Å². The topological polar surface area (TPSA) is 0 Å². The molecule has 0 spiro atoms. The van der Waals surface area contributed by atoms with Gasteiger partial charge in [0, 0.05) is 5.25 Å². The van der Waals surface area contributed by atoms with Crippen LogP contribution in [-0.2, 0) is 0 Å². The standard InChI is InChI=1S/C7H9F3S/c8-7(9,10)11-6-4-2-1-3-5-6/h2,4,6H,1,3,5H2. The van der Waals surface area contributed by atoms with Gasteiger partial charge < -0.3 is 0 Å². The summed E-state index contributed by atoms with van der Waals surface area (Å²) in [4.78, 5) is 0. The van der Waals surface area contributed by atoms with Crippen molar-refractivity contribution in [3.05, 3.63) is 12.2 Å². The van der Waals surface area contributed by atoms with Gasteiger partial charge in [-0.15, -0.1) is 0 Å². The molecule has 1 unspecified atom stereocenters. The second-order valence-electron chi connectivity index (χ2n) is 2.46. The van der Waals surface area contributed by atoms with Gasteiger partial charge in [-0.25, -0.2) is 0 Å². The molecular weight excluding hydrogens is 173 g/mol. The maximum atomic E-state index is 11.8. The van der Waals surface area contributed by atoms with Crippen LogP contribution in [0.5, 0.6) is 0 Å². The maximum absolute atomic E-state index is 11.8. The monoisotopic (exact) mass is 182 g/mol. The first kappa shape index (κ1) is 8.97. The van der Waals surface area contributed by atoms with Gasteiger partial charge in [0.05, 0.1) is 0 Å². The third kappa shape index (κ3) is 3.70. The highest BCUT2D eigenvalue weighted by Crippen LogP contribution is 2.37. The first-order valence-corrected chi connectivity index (χ1v) is 4.37. The van der Waals surface area contributed by atoms with Gasteiger partial charge in [0.2, 0.25) is 0 Å². The van der Waals surface area contributed by atoms with E-state index < -0.39 is 5.51 Å². The molecule has 0 aromatic rings. The van der Waals surface area contributed by atoms with E-state index in [0.717, 1.165) is 12.8 Å². The molecule has 0 bridgehead atoms. The lowest BCUT2D eigenvalue weighted by Gasteiger charge is -2.16. The van der Waals surface area contributed by atoms with Crippen molar-refractivity contribution in [3.8, 4) is 0 Å². The van der Waals surface area contributed by atoms with Crippen LogP contribution >= 0.6 is 11.8 Å². The average Bonchev–Trinajstić information content (AvgIpc) is 1.85. The highest BCUT2D eigenvalue weighted by Gasteiger charge is 2.32. The Bertz CT molecular complexity index is 150. The average molecular weight is 182 g/mol. The molecule has 1 aliphatic rings. The minimum atomic E-state index is -4.08. The van der Waals surface area contributed by atoms with Crippen molar-refractivity contribution in [1.82, 2.24) is 0 Å². The van der Waals surface area contributed by atoms with Gasteiger partial charge in [0.15, 0.2) is 0 Å². The molecule has 0 heterocycles. The quantitative estimate of drug-likeness (QED) is 0.560. The Kier molecular flexibility index (Phi) is 2.87. The molecule has 0 radical (unpaired) electrons. The number of thioether (sulfide) groups is 1. The Morgan fingerprint density at radius 1 is 1.36 bits per heavy atom. The van der Waals surface area contributed by atoms with Crippen LogP contribution in [0, 0.1) is 0 Å². The third-order valence-corrected chi connectivity index (χ3v) is 2.46. The van der Waals surface area contributed by atoms with Crippen molar-refractivity contribution in [3.63, 3.8) is 0 Å². The van der Waals surface area contributed by atoms with Crippen LogP contribution in [0.25, 0.3) is 0 Å². The summed E-state index contributed by atoms with van der Waals surface area (Å²) in [6, 6.07) is 0. The van der Waals surface area contributed by atoms with Crippen LogP contribution in [0.3, 0.4) is 0 Å². The molecule has 0 amide bonds. The largest absolute Gasteiger partial charge is 0.442 e. The van der Waals surface area contributed by atoms with Crippen LogP contribution in [0.1, 0.15) is 19.3 Å². The summed E-state index contributed by atoms with van der Waals surface area (Å²) in [5, 5.41) is -0.344. The Labute approximate surface area is 67.9 Å². The molecule has 0 N–H and O–H groups in total. The summed E-state index contributed by atoms with van der Waals surface area (Å²) >= 11 is 0.0909. The predicted molar refractivity (Wildman–Crippen MR) is 40.4 cm³/mol. The molecule has 0 aromatic carbocycles. The second-order valence-corrected chi connectivity index (χ2v) is 3.77. The van der Waals surface area contributed by atoms with Gasteiger partial charge in [-0.2, -0.15) is 13.2 Å². The van der Waals surface area contributed by atoms with Gasteiger partial charge >= 0.3 is 5.51 Å². The van der Waals surface area contributed by atoms with Crippen LogP contribution in [-0.4, -0.2) is 10.8 Å². The molecule has 4 heteroatoms. The maximum Gasteiger partial charge on any atom is 0.442 e. The van der Waals surface area contributed by atoms with E-state index in [2.05, 4.69) is 0 Å². The van der Waals surface area contributed by atoms with Crippen LogP contribution in [0.15, 0.2) is 12.2 Å². The zero-order valence-electron chi connectivity index (χ0n) is 5.90. The van der Waals surface area contributed by atoms with Gasteiger partial charge in [0.1, 0.15) is 0 Å². The molecule has 0 aromatic heterocycles. The molecule has 0 saturated heterocycles. The number of alkyl halides is 3. The first-order chi connectivity index (χ1) is 5.08. The molecular formula is C7H9F3S. The number of hydrogen-bond acceptors (Lipinski definition) is 1. The van der Waals surface area contributed by atoms with E-state index in [1.54, 1.807) is 6.08 Å². The molecule has 1 rings (SSSR count). The van der Waals surface area contributed by atoms with Crippen LogP contribution in [0.4, 0.5) is 13.2 Å². The number of hydrogen-bond donors (Lipinski definition) is 0. The molecule has 0 aliphatic heterocycles. The molecule has 11 heavy (non-hydrogen) atoms. The van der Waals surface area contributed by atoms with Crippen molar-refractivity contribution in [1.29, 1.82) is 0 Å². The zero-order valence-corrected chi connectivity index (χ0v) is 6.71. The fourth-order valence-corrected chi connectivity index (χ4v) is 1.87. The Morgan fingerprint density at radius 2 is 2.09 bits per heavy atom. The zero-order chi connectivity index (χ0) is 8.32. The molecule has 0 nitrogen and oxygen atoms in total. The molecule has 64 valence electrons. The van der Waals surface area contributed by atoms with Crippen molar-refractivity contribution < 1.29 is 13.2 Å². The van der Waals surface area contributed by atoms with Crippen molar-refractivity contribution in [2.75, 3.05) is 0 Å². The lowest BCUT2D eigenvalue weighted by Crippen LogP contribution is -2.11. The minimum Gasteiger partial charge on any atom is -0.160 e. The molecule has 1 atom stereocenters. The van der Waals surface area contributed by atoms with Crippen LogP contribution < -0.4 is 0 Å². The predicted octanol–water partition coefficient (Wildman–Crippen LogP) is 3.35. The summed E-state index contributed by atoms with van der Waals surface area (Å²) in [5.74, 6) is 0. The number of rotatable bonds is 1. The number of allylic oxidation sites excluding steroid dienone is 1. The first-order valence-electron chi connectivity index (χ1n) is 3.49. The van der Waals surface area contributed by atoms with E-state index in [-0.39, 0.29) is 17.0 Å². The van der Waals surface area contributed by atoms with Crippen molar-refractivity contribution in [2.45, 2.75) is 30.0 Å². The summed E-state index contributed by atoms with van der Waals surface area (Å²) in [6.45, 7) is 0. The fourth-order valence-electron chi connectivity index (χ4n) is 1.05. The van der Waals surface area contributed by atoms with Crippen molar-refractivity contribution >= 4 is 11.8 Å². The summed E-state index contributed by atoms with van der Waals surface area (Å²) in [6.07, 6.45) is 5.94. The van der Waals surface area contributed by atoms with Crippen molar-refractivity contribution in [2.24, 2.45) is 0 Å². The number of halogens is 3. The highest BCUT2D eigenvalue weighted by molar-refractivity contribution is 8.00. The Morgan fingerprint density at radius 3 is 2.55 bits per heavy atom. The lowest BCUT2D eigenvalue weighted by atomic mass is 10.1. The van der Waals surface area contributed by atoms with E-state index in [1.807, 2.05) is 6.08 Å². The van der Waals surface area contributed by atoms with E-state index >= 15 is 0 Å². The summed E-state index contributed by atoms with van der Waals surface area (Å²) < 4.78 is 35.3. The fraction of sp³-hybridized carbons (Fsp3) is 0.714. The van der Waals surface area contributed by atoms with Gasteiger partial charge in [-0.1, -0.05) is 12.2 Å². The van der Waals surface area contributed by atoms with E-state index in [0.29, 0.717) is 6.42 Å². The molecule has 1 aliphatic carbocycles. The highest BCUT2D eigenvalue weighted by atomic mass is 32.2. The van der Waals surface area contributed by atoms with E-state index in [9.17, 15) is 13.2 Å². The summed E-state index contributed by atoms with van der Waals surface area (Å²) in [5.41, 5.74) is -4.08.